The third-order valence-electron chi connectivity index (χ3n) is 5.64. The molecule has 5 heteroatoms. The highest BCUT2D eigenvalue weighted by molar-refractivity contribution is 5.97. The van der Waals surface area contributed by atoms with Gasteiger partial charge in [-0.15, -0.1) is 0 Å². The van der Waals surface area contributed by atoms with E-state index in [0.717, 1.165) is 11.3 Å². The lowest BCUT2D eigenvalue weighted by Crippen LogP contribution is -2.28. The fraction of sp³-hybridized carbons (Fsp3) is 0.231. The molecule has 1 aliphatic rings. The standard InChI is InChI=1S/C26H26N2O3/c1-18-8-11-24(14-19(18)2)31-23-12-9-22(10-13-23)27-26(30)21-15-25(29)28(17-21)16-20-6-4-3-5-7-20/h3-14,21H,15-17H2,1-2H3,(H,27,30)/t21-/m0/s1. The first-order valence-electron chi connectivity index (χ1n) is 10.5. The van der Waals surface area contributed by atoms with Crippen molar-refractivity contribution in [2.24, 2.45) is 5.92 Å². The molecular weight excluding hydrogens is 388 g/mol. The molecule has 3 aromatic rings. The number of likely N-dealkylation sites (tertiary alicyclic amines) is 1. The Balaban J connectivity index is 1.33. The third-order valence-corrected chi connectivity index (χ3v) is 5.64. The third kappa shape index (κ3) is 5.12. The van der Waals surface area contributed by atoms with Crippen LogP contribution >= 0.6 is 0 Å². The highest BCUT2D eigenvalue weighted by Crippen LogP contribution is 2.26. The number of anilines is 1. The van der Waals surface area contributed by atoms with E-state index in [4.69, 9.17) is 4.74 Å². The summed E-state index contributed by atoms with van der Waals surface area (Å²) in [6.45, 7) is 5.09. The van der Waals surface area contributed by atoms with Crippen LogP contribution in [0.2, 0.25) is 0 Å². The zero-order valence-corrected chi connectivity index (χ0v) is 17.8. The monoisotopic (exact) mass is 414 g/mol. The SMILES string of the molecule is Cc1ccc(Oc2ccc(NC(=O)[C@H]3CC(=O)N(Cc4ccccc4)C3)cc2)cc1C. The zero-order chi connectivity index (χ0) is 21.8. The first-order valence-corrected chi connectivity index (χ1v) is 10.5. The molecule has 1 aliphatic heterocycles. The Labute approximate surface area is 182 Å². The first kappa shape index (κ1) is 20.7. The Hall–Kier alpha value is -3.60. The van der Waals surface area contributed by atoms with E-state index in [9.17, 15) is 9.59 Å². The van der Waals surface area contributed by atoms with Crippen LogP contribution in [0, 0.1) is 19.8 Å². The molecule has 158 valence electrons. The second kappa shape index (κ2) is 9.04. The number of carbonyl (C=O) groups is 2. The summed E-state index contributed by atoms with van der Waals surface area (Å²) in [7, 11) is 0. The second-order valence-corrected chi connectivity index (χ2v) is 8.02. The van der Waals surface area contributed by atoms with Crippen LogP contribution in [0.5, 0.6) is 11.5 Å². The molecule has 2 amide bonds. The number of aryl methyl sites for hydroxylation is 2. The smallest absolute Gasteiger partial charge is 0.229 e. The minimum atomic E-state index is -0.345. The van der Waals surface area contributed by atoms with E-state index in [2.05, 4.69) is 19.2 Å². The average molecular weight is 415 g/mol. The predicted octanol–water partition coefficient (Wildman–Crippen LogP) is 5.08. The van der Waals surface area contributed by atoms with Crippen LogP contribution in [-0.4, -0.2) is 23.3 Å². The average Bonchev–Trinajstić information content (AvgIpc) is 3.13. The zero-order valence-electron chi connectivity index (χ0n) is 17.8. The molecule has 0 saturated carbocycles. The molecule has 0 spiro atoms. The van der Waals surface area contributed by atoms with Crippen LogP contribution in [0.25, 0.3) is 0 Å². The molecule has 0 bridgehead atoms. The van der Waals surface area contributed by atoms with Crippen LogP contribution in [0.4, 0.5) is 5.69 Å². The Morgan fingerprint density at radius 1 is 0.968 bits per heavy atom. The maximum Gasteiger partial charge on any atom is 0.229 e. The molecule has 1 fully saturated rings. The highest BCUT2D eigenvalue weighted by atomic mass is 16.5. The van der Waals surface area contributed by atoms with Gasteiger partial charge in [0.1, 0.15) is 11.5 Å². The molecule has 3 aromatic carbocycles. The van der Waals surface area contributed by atoms with Gasteiger partial charge in [0, 0.05) is 25.2 Å². The summed E-state index contributed by atoms with van der Waals surface area (Å²) in [5.41, 5.74) is 4.15. The number of ether oxygens (including phenoxy) is 1. The van der Waals surface area contributed by atoms with Crippen LogP contribution in [0.3, 0.4) is 0 Å². The summed E-state index contributed by atoms with van der Waals surface area (Å²) in [5, 5.41) is 2.92. The van der Waals surface area contributed by atoms with Crippen molar-refractivity contribution < 1.29 is 14.3 Å². The molecule has 0 aromatic heterocycles. The van der Waals surface area contributed by atoms with Gasteiger partial charge in [-0.2, -0.15) is 0 Å². The van der Waals surface area contributed by atoms with Crippen molar-refractivity contribution in [2.45, 2.75) is 26.8 Å². The summed E-state index contributed by atoms with van der Waals surface area (Å²) in [4.78, 5) is 26.8. The number of amides is 2. The van der Waals surface area contributed by atoms with Gasteiger partial charge in [-0.25, -0.2) is 0 Å². The summed E-state index contributed by atoms with van der Waals surface area (Å²) >= 11 is 0. The highest BCUT2D eigenvalue weighted by Gasteiger charge is 2.34. The largest absolute Gasteiger partial charge is 0.457 e. The van der Waals surface area contributed by atoms with Crippen LogP contribution in [-0.2, 0) is 16.1 Å². The Morgan fingerprint density at radius 2 is 1.68 bits per heavy atom. The maximum absolute atomic E-state index is 12.7. The molecule has 5 nitrogen and oxygen atoms in total. The van der Waals surface area contributed by atoms with Crippen molar-refractivity contribution in [3.05, 3.63) is 89.5 Å². The van der Waals surface area contributed by atoms with E-state index in [-0.39, 0.29) is 24.2 Å². The van der Waals surface area contributed by atoms with Crippen molar-refractivity contribution in [2.75, 3.05) is 11.9 Å². The predicted molar refractivity (Wildman–Crippen MR) is 121 cm³/mol. The van der Waals surface area contributed by atoms with Gasteiger partial charge in [-0.05, 0) is 66.9 Å². The van der Waals surface area contributed by atoms with Gasteiger partial charge in [0.25, 0.3) is 0 Å². The van der Waals surface area contributed by atoms with Crippen molar-refractivity contribution >= 4 is 17.5 Å². The Morgan fingerprint density at radius 3 is 2.39 bits per heavy atom. The fourth-order valence-electron chi connectivity index (χ4n) is 3.67. The molecule has 31 heavy (non-hydrogen) atoms. The number of benzene rings is 3. The van der Waals surface area contributed by atoms with Crippen molar-refractivity contribution in [3.63, 3.8) is 0 Å². The van der Waals surface area contributed by atoms with Crippen molar-refractivity contribution in [3.8, 4) is 11.5 Å². The summed E-state index contributed by atoms with van der Waals surface area (Å²) < 4.78 is 5.89. The van der Waals surface area contributed by atoms with E-state index in [1.165, 1.54) is 11.1 Å². The van der Waals surface area contributed by atoms with Gasteiger partial charge in [0.2, 0.25) is 11.8 Å². The lowest BCUT2D eigenvalue weighted by molar-refractivity contribution is -0.128. The lowest BCUT2D eigenvalue weighted by atomic mass is 10.1. The summed E-state index contributed by atoms with van der Waals surface area (Å²) in [5.74, 6) is 1.02. The Bertz CT molecular complexity index is 1080. The summed E-state index contributed by atoms with van der Waals surface area (Å²) in [6, 6.07) is 23.1. The number of hydrogen-bond donors (Lipinski definition) is 1. The minimum Gasteiger partial charge on any atom is -0.457 e. The van der Waals surface area contributed by atoms with Gasteiger partial charge >= 0.3 is 0 Å². The molecular formula is C26H26N2O3. The number of nitrogens with one attached hydrogen (secondary N) is 1. The van der Waals surface area contributed by atoms with E-state index in [0.29, 0.717) is 24.5 Å². The van der Waals surface area contributed by atoms with E-state index >= 15 is 0 Å². The van der Waals surface area contributed by atoms with Crippen LogP contribution < -0.4 is 10.1 Å². The molecule has 1 atom stereocenters. The van der Waals surface area contributed by atoms with Crippen LogP contribution in [0.15, 0.2) is 72.8 Å². The van der Waals surface area contributed by atoms with Crippen molar-refractivity contribution in [1.29, 1.82) is 0 Å². The van der Waals surface area contributed by atoms with Crippen LogP contribution in [0.1, 0.15) is 23.1 Å². The minimum absolute atomic E-state index is 0.0149. The molecule has 1 saturated heterocycles. The normalized spacial score (nSPS) is 15.7. The summed E-state index contributed by atoms with van der Waals surface area (Å²) in [6.07, 6.45) is 0.243. The van der Waals surface area contributed by atoms with Gasteiger partial charge in [-0.1, -0.05) is 36.4 Å². The Kier molecular flexibility index (Phi) is 6.03. The molecule has 1 N–H and O–H groups in total. The van der Waals surface area contributed by atoms with Gasteiger partial charge in [-0.3, -0.25) is 9.59 Å². The van der Waals surface area contributed by atoms with E-state index in [1.54, 1.807) is 4.90 Å². The number of carbonyl (C=O) groups excluding carboxylic acids is 2. The second-order valence-electron chi connectivity index (χ2n) is 8.02. The lowest BCUT2D eigenvalue weighted by Gasteiger charge is -2.16. The number of rotatable bonds is 6. The topological polar surface area (TPSA) is 58.6 Å². The quantitative estimate of drug-likeness (QED) is 0.612. The fourth-order valence-corrected chi connectivity index (χ4v) is 3.67. The first-order chi connectivity index (χ1) is 15.0. The molecule has 0 unspecified atom stereocenters. The van der Waals surface area contributed by atoms with E-state index < -0.39 is 0 Å². The van der Waals surface area contributed by atoms with Gasteiger partial charge in [0.05, 0.1) is 5.92 Å². The number of nitrogens with zero attached hydrogens (tertiary/aromatic N) is 1. The molecule has 1 heterocycles. The number of hydrogen-bond acceptors (Lipinski definition) is 3. The van der Waals surface area contributed by atoms with Crippen molar-refractivity contribution in [1.82, 2.24) is 4.90 Å². The van der Waals surface area contributed by atoms with Gasteiger partial charge in [0.15, 0.2) is 0 Å². The molecule has 0 aliphatic carbocycles. The molecule has 0 radical (unpaired) electrons. The van der Waals surface area contributed by atoms with Gasteiger partial charge < -0.3 is 15.0 Å². The van der Waals surface area contributed by atoms with E-state index in [1.807, 2.05) is 72.8 Å². The maximum atomic E-state index is 12.7. The molecule has 4 rings (SSSR count).